The largest absolute Gasteiger partial charge is 0.477 e. The van der Waals surface area contributed by atoms with E-state index in [0.29, 0.717) is 18.3 Å². The summed E-state index contributed by atoms with van der Waals surface area (Å²) in [6.45, 7) is 0. The molecule has 4 aliphatic rings. The van der Waals surface area contributed by atoms with E-state index in [4.69, 9.17) is 11.6 Å². The molecule has 1 aromatic heterocycles. The quantitative estimate of drug-likeness (QED) is 0.739. The number of rotatable bonds is 3. The molecular weight excluding hydrogens is 294 g/mol. The highest BCUT2D eigenvalue weighted by atomic mass is 35.5. The van der Waals surface area contributed by atoms with Crippen molar-refractivity contribution in [1.29, 1.82) is 0 Å². The molecule has 0 radical (unpaired) electrons. The van der Waals surface area contributed by atoms with E-state index < -0.39 is 11.6 Å². The molecule has 4 fully saturated rings. The van der Waals surface area contributed by atoms with Crippen molar-refractivity contribution >= 4 is 23.4 Å². The van der Waals surface area contributed by atoms with E-state index in [9.17, 15) is 15.0 Å². The third kappa shape index (κ3) is 2.00. The number of nitrogens with one attached hydrogen (secondary N) is 1. The summed E-state index contributed by atoms with van der Waals surface area (Å²) >= 11 is 5.80. The van der Waals surface area contributed by atoms with Gasteiger partial charge < -0.3 is 15.5 Å². The predicted octanol–water partition coefficient (Wildman–Crippen LogP) is 1.93. The van der Waals surface area contributed by atoms with Gasteiger partial charge in [0, 0.05) is 11.7 Å². The first-order valence-corrected chi connectivity index (χ1v) is 7.52. The Bertz CT molecular complexity index is 622. The van der Waals surface area contributed by atoms with E-state index >= 15 is 0 Å². The lowest BCUT2D eigenvalue weighted by Gasteiger charge is -2.44. The Morgan fingerprint density at radius 3 is 2.57 bits per heavy atom. The lowest BCUT2D eigenvalue weighted by molar-refractivity contribution is -0.0149. The van der Waals surface area contributed by atoms with Crippen LogP contribution in [0.1, 0.15) is 42.5 Å². The zero-order valence-electron chi connectivity index (χ0n) is 11.3. The third-order valence-corrected chi connectivity index (χ3v) is 5.48. The molecule has 4 aliphatic carbocycles. The number of hydrogen-bond acceptors (Lipinski definition) is 5. The van der Waals surface area contributed by atoms with Gasteiger partial charge in [0.1, 0.15) is 11.4 Å². The zero-order valence-corrected chi connectivity index (χ0v) is 12.1. The van der Waals surface area contributed by atoms with Gasteiger partial charge in [-0.1, -0.05) is 0 Å². The summed E-state index contributed by atoms with van der Waals surface area (Å²) in [6, 6.07) is 0. The minimum atomic E-state index is -1.08. The highest BCUT2D eigenvalue weighted by Gasteiger charge is 2.62. The lowest BCUT2D eigenvalue weighted by atomic mass is 9.73. The third-order valence-electron chi connectivity index (χ3n) is 5.30. The molecule has 1 heterocycles. The van der Waals surface area contributed by atoms with Crippen LogP contribution in [-0.4, -0.2) is 37.3 Å². The average molecular weight is 310 g/mol. The number of halogens is 1. The van der Waals surface area contributed by atoms with Gasteiger partial charge in [0.2, 0.25) is 5.28 Å². The van der Waals surface area contributed by atoms with Crippen LogP contribution in [0.2, 0.25) is 5.28 Å². The van der Waals surface area contributed by atoms with Crippen LogP contribution < -0.4 is 5.32 Å². The van der Waals surface area contributed by atoms with Gasteiger partial charge in [-0.25, -0.2) is 9.78 Å². The van der Waals surface area contributed by atoms with E-state index in [-0.39, 0.29) is 22.2 Å². The first-order valence-electron chi connectivity index (χ1n) is 7.15. The summed E-state index contributed by atoms with van der Waals surface area (Å²) in [6.07, 6.45) is 5.53. The van der Waals surface area contributed by atoms with Crippen LogP contribution in [0.4, 0.5) is 5.82 Å². The highest BCUT2D eigenvalue weighted by molar-refractivity contribution is 6.28. The van der Waals surface area contributed by atoms with Crippen molar-refractivity contribution in [2.75, 3.05) is 5.32 Å². The molecule has 2 unspecified atom stereocenters. The number of aromatic nitrogens is 2. The van der Waals surface area contributed by atoms with Gasteiger partial charge in [-0.05, 0) is 55.5 Å². The standard InChI is InChI=1S/C14H16ClN3O3/c15-12-16-5-9(11(19)20)10(17-12)18-13-1-7-3-14(21,6-13)4-8(7)2-13/h5,7-8,21H,1-4,6H2,(H,19,20)(H,16,17,18). The van der Waals surface area contributed by atoms with Crippen molar-refractivity contribution in [3.8, 4) is 0 Å². The molecule has 112 valence electrons. The minimum absolute atomic E-state index is 0.0171. The molecule has 2 atom stereocenters. The molecular formula is C14H16ClN3O3. The van der Waals surface area contributed by atoms with Gasteiger partial charge in [0.25, 0.3) is 0 Å². The molecule has 21 heavy (non-hydrogen) atoms. The van der Waals surface area contributed by atoms with Crippen molar-refractivity contribution in [2.45, 2.75) is 43.2 Å². The fraction of sp³-hybridized carbons (Fsp3) is 0.643. The summed E-state index contributed by atoms with van der Waals surface area (Å²) in [7, 11) is 0. The van der Waals surface area contributed by atoms with Crippen LogP contribution in [0.25, 0.3) is 0 Å². The van der Waals surface area contributed by atoms with Gasteiger partial charge >= 0.3 is 5.97 Å². The van der Waals surface area contributed by atoms with Crippen LogP contribution in [0.3, 0.4) is 0 Å². The number of carbonyl (C=O) groups is 1. The van der Waals surface area contributed by atoms with Crippen molar-refractivity contribution in [1.82, 2.24) is 9.97 Å². The predicted molar refractivity (Wildman–Crippen MR) is 75.4 cm³/mol. The molecule has 3 N–H and O–H groups in total. The number of carboxylic acid groups (broad SMARTS) is 1. The topological polar surface area (TPSA) is 95.3 Å². The number of nitrogens with zero attached hydrogens (tertiary/aromatic N) is 2. The van der Waals surface area contributed by atoms with Crippen molar-refractivity contribution in [3.63, 3.8) is 0 Å². The lowest BCUT2D eigenvalue weighted by Crippen LogP contribution is -2.49. The number of carboxylic acids is 1. The molecule has 6 nitrogen and oxygen atoms in total. The molecule has 4 bridgehead atoms. The second kappa shape index (κ2) is 4.08. The monoisotopic (exact) mass is 309 g/mol. The molecule has 7 heteroatoms. The second-order valence-electron chi connectivity index (χ2n) is 6.85. The van der Waals surface area contributed by atoms with Crippen molar-refractivity contribution in [3.05, 3.63) is 17.0 Å². The molecule has 0 amide bonds. The smallest absolute Gasteiger partial charge is 0.341 e. The normalized spacial score (nSPS) is 39.7. The Balaban J connectivity index is 1.68. The maximum Gasteiger partial charge on any atom is 0.341 e. The van der Waals surface area contributed by atoms with Crippen molar-refractivity contribution < 1.29 is 15.0 Å². The van der Waals surface area contributed by atoms with E-state index in [2.05, 4.69) is 15.3 Å². The Morgan fingerprint density at radius 2 is 2.00 bits per heavy atom. The molecule has 0 saturated heterocycles. The molecule has 1 aromatic rings. The van der Waals surface area contributed by atoms with Crippen LogP contribution in [0, 0.1) is 11.8 Å². The van der Waals surface area contributed by atoms with Crippen LogP contribution in [0.5, 0.6) is 0 Å². The molecule has 0 aromatic carbocycles. The van der Waals surface area contributed by atoms with Crippen LogP contribution in [-0.2, 0) is 0 Å². The number of aliphatic hydroxyl groups is 1. The summed E-state index contributed by atoms with van der Waals surface area (Å²) < 4.78 is 0. The summed E-state index contributed by atoms with van der Waals surface area (Å²) in [4.78, 5) is 19.1. The van der Waals surface area contributed by atoms with E-state index in [1.807, 2.05) is 0 Å². The average Bonchev–Trinajstić information content (AvgIpc) is 2.72. The molecule has 0 spiro atoms. The Morgan fingerprint density at radius 1 is 1.33 bits per heavy atom. The van der Waals surface area contributed by atoms with Gasteiger partial charge in [0.05, 0.1) is 5.60 Å². The first-order chi connectivity index (χ1) is 9.88. The fourth-order valence-electron chi connectivity index (χ4n) is 4.89. The summed E-state index contributed by atoms with van der Waals surface area (Å²) in [5.74, 6) is 0.233. The van der Waals surface area contributed by atoms with Crippen LogP contribution in [0.15, 0.2) is 6.20 Å². The van der Waals surface area contributed by atoms with Gasteiger partial charge in [-0.15, -0.1) is 0 Å². The maximum atomic E-state index is 11.3. The van der Waals surface area contributed by atoms with Gasteiger partial charge in [-0.3, -0.25) is 0 Å². The number of aromatic carboxylic acids is 1. The minimum Gasteiger partial charge on any atom is -0.477 e. The Labute approximate surface area is 126 Å². The first kappa shape index (κ1) is 13.3. The molecule has 0 aliphatic heterocycles. The van der Waals surface area contributed by atoms with E-state index in [1.165, 1.54) is 6.20 Å². The highest BCUT2D eigenvalue weighted by Crippen LogP contribution is 2.62. The SMILES string of the molecule is O=C(O)c1cnc(Cl)nc1NC12CC3CC(O)(CC3C1)C2. The van der Waals surface area contributed by atoms with E-state index in [0.717, 1.165) is 25.7 Å². The summed E-state index contributed by atoms with van der Waals surface area (Å²) in [5.41, 5.74) is -0.843. The van der Waals surface area contributed by atoms with Gasteiger partial charge in [-0.2, -0.15) is 4.98 Å². The summed E-state index contributed by atoms with van der Waals surface area (Å²) in [5, 5.41) is 23.1. The molecule has 4 saturated carbocycles. The zero-order chi connectivity index (χ0) is 14.8. The van der Waals surface area contributed by atoms with Crippen LogP contribution >= 0.6 is 11.6 Å². The fourth-order valence-corrected chi connectivity index (χ4v) is 5.02. The Hall–Kier alpha value is -1.40. The van der Waals surface area contributed by atoms with Gasteiger partial charge in [0.15, 0.2) is 0 Å². The molecule has 5 rings (SSSR count). The second-order valence-corrected chi connectivity index (χ2v) is 7.19. The Kier molecular flexibility index (Phi) is 2.58. The van der Waals surface area contributed by atoms with Crippen molar-refractivity contribution in [2.24, 2.45) is 11.8 Å². The number of anilines is 1. The number of hydrogen-bond donors (Lipinski definition) is 3. The van der Waals surface area contributed by atoms with E-state index in [1.54, 1.807) is 0 Å². The maximum absolute atomic E-state index is 11.3.